The molecule has 2 rings (SSSR count). The van der Waals surface area contributed by atoms with Crippen molar-refractivity contribution in [2.75, 3.05) is 0 Å². The number of aromatic nitrogens is 1. The van der Waals surface area contributed by atoms with E-state index >= 15 is 0 Å². The van der Waals surface area contributed by atoms with Gasteiger partial charge in [0.05, 0.1) is 12.2 Å². The molecule has 0 saturated carbocycles. The molecule has 1 unspecified atom stereocenters. The molecule has 6 heteroatoms. The maximum atomic E-state index is 13.7. The number of benzene rings is 1. The molecule has 0 amide bonds. The van der Waals surface area contributed by atoms with Gasteiger partial charge in [0.15, 0.2) is 0 Å². The van der Waals surface area contributed by atoms with Gasteiger partial charge in [0.1, 0.15) is 11.6 Å². The second kappa shape index (κ2) is 5.39. The van der Waals surface area contributed by atoms with E-state index in [1.807, 2.05) is 0 Å². The fraction of sp³-hybridized carbons (Fsp3) is 0.0833. The molecule has 0 spiro atoms. The molecule has 0 saturated heterocycles. The molecular weight excluding hydrogens is 260 g/mol. The lowest BCUT2D eigenvalue weighted by atomic mass is 10.0. The lowest BCUT2D eigenvalue weighted by Gasteiger charge is -2.17. The highest BCUT2D eigenvalue weighted by Crippen LogP contribution is 2.26. The number of hydrogen-bond acceptors (Lipinski definition) is 3. The Bertz CT molecular complexity index is 563. The molecule has 1 atom stereocenters. The van der Waals surface area contributed by atoms with Gasteiger partial charge in [-0.2, -0.15) is 0 Å². The van der Waals surface area contributed by atoms with Crippen LogP contribution in [-0.2, 0) is 0 Å². The van der Waals surface area contributed by atoms with Crippen LogP contribution in [-0.4, -0.2) is 4.98 Å². The van der Waals surface area contributed by atoms with Gasteiger partial charge in [-0.15, -0.1) is 0 Å². The van der Waals surface area contributed by atoms with Crippen molar-refractivity contribution in [3.8, 4) is 0 Å². The number of halogens is 3. The SMILES string of the molecule is NNC(c1cncc(F)c1)c1cc(Cl)ccc1F. The first-order valence-corrected chi connectivity index (χ1v) is 5.51. The number of nitrogens with two attached hydrogens (primary N) is 1. The molecule has 3 N–H and O–H groups in total. The van der Waals surface area contributed by atoms with Crippen LogP contribution in [0.2, 0.25) is 5.02 Å². The first-order valence-electron chi connectivity index (χ1n) is 5.13. The van der Waals surface area contributed by atoms with Crippen molar-refractivity contribution in [3.05, 3.63) is 64.4 Å². The normalized spacial score (nSPS) is 12.4. The molecular formula is C12H10ClF2N3. The van der Waals surface area contributed by atoms with Crippen LogP contribution in [0.3, 0.4) is 0 Å². The summed E-state index contributed by atoms with van der Waals surface area (Å²) in [7, 11) is 0. The van der Waals surface area contributed by atoms with Gasteiger partial charge in [-0.3, -0.25) is 10.8 Å². The smallest absolute Gasteiger partial charge is 0.141 e. The zero-order valence-electron chi connectivity index (χ0n) is 9.20. The molecule has 18 heavy (non-hydrogen) atoms. The third-order valence-electron chi connectivity index (χ3n) is 2.50. The predicted octanol–water partition coefficient (Wildman–Crippen LogP) is 2.57. The van der Waals surface area contributed by atoms with Gasteiger partial charge in [-0.1, -0.05) is 11.6 Å². The highest BCUT2D eigenvalue weighted by molar-refractivity contribution is 6.30. The maximum Gasteiger partial charge on any atom is 0.141 e. The van der Waals surface area contributed by atoms with Crippen LogP contribution < -0.4 is 11.3 Å². The topological polar surface area (TPSA) is 50.9 Å². The average Bonchev–Trinajstić information content (AvgIpc) is 2.35. The molecule has 2 aromatic rings. The summed E-state index contributed by atoms with van der Waals surface area (Å²) in [5.41, 5.74) is 3.07. The van der Waals surface area contributed by atoms with Crippen LogP contribution in [0.1, 0.15) is 17.2 Å². The Kier molecular flexibility index (Phi) is 3.86. The minimum Gasteiger partial charge on any atom is -0.271 e. The lowest BCUT2D eigenvalue weighted by Crippen LogP contribution is -2.29. The van der Waals surface area contributed by atoms with Crippen molar-refractivity contribution in [1.82, 2.24) is 10.4 Å². The lowest BCUT2D eigenvalue weighted by molar-refractivity contribution is 0.553. The average molecular weight is 270 g/mol. The Morgan fingerprint density at radius 3 is 2.67 bits per heavy atom. The Labute approximate surface area is 108 Å². The first kappa shape index (κ1) is 12.9. The van der Waals surface area contributed by atoms with Gasteiger partial charge in [0.2, 0.25) is 0 Å². The molecule has 0 radical (unpaired) electrons. The highest BCUT2D eigenvalue weighted by atomic mass is 35.5. The summed E-state index contributed by atoms with van der Waals surface area (Å²) < 4.78 is 26.8. The summed E-state index contributed by atoms with van der Waals surface area (Å²) in [4.78, 5) is 3.70. The number of nitrogens with zero attached hydrogens (tertiary/aromatic N) is 1. The predicted molar refractivity (Wildman–Crippen MR) is 64.8 cm³/mol. The quantitative estimate of drug-likeness (QED) is 0.665. The van der Waals surface area contributed by atoms with Crippen LogP contribution in [0.25, 0.3) is 0 Å². The summed E-state index contributed by atoms with van der Waals surface area (Å²) in [6, 6.07) is 4.61. The molecule has 1 aromatic heterocycles. The van der Waals surface area contributed by atoms with Crippen molar-refractivity contribution in [2.45, 2.75) is 6.04 Å². The molecule has 0 aliphatic carbocycles. The van der Waals surface area contributed by atoms with Crippen LogP contribution in [0.15, 0.2) is 36.7 Å². The van der Waals surface area contributed by atoms with Gasteiger partial charge in [0.25, 0.3) is 0 Å². The molecule has 94 valence electrons. The van der Waals surface area contributed by atoms with E-state index in [1.54, 1.807) is 0 Å². The highest BCUT2D eigenvalue weighted by Gasteiger charge is 2.17. The monoisotopic (exact) mass is 269 g/mol. The maximum absolute atomic E-state index is 13.7. The summed E-state index contributed by atoms with van der Waals surface area (Å²) in [6.45, 7) is 0. The second-order valence-corrected chi connectivity index (χ2v) is 4.14. The summed E-state index contributed by atoms with van der Waals surface area (Å²) in [5, 5.41) is 0.371. The Morgan fingerprint density at radius 1 is 1.22 bits per heavy atom. The fourth-order valence-corrected chi connectivity index (χ4v) is 1.87. The van der Waals surface area contributed by atoms with E-state index in [1.165, 1.54) is 30.5 Å². The van der Waals surface area contributed by atoms with Gasteiger partial charge < -0.3 is 0 Å². The van der Waals surface area contributed by atoms with E-state index in [0.29, 0.717) is 10.6 Å². The standard InChI is InChI=1S/C12H10ClF2N3/c13-8-1-2-11(15)10(4-8)12(18-16)7-3-9(14)6-17-5-7/h1-6,12,18H,16H2. The Balaban J connectivity index is 2.48. The van der Waals surface area contributed by atoms with Crippen LogP contribution >= 0.6 is 11.6 Å². The molecule has 3 nitrogen and oxygen atoms in total. The molecule has 0 aliphatic rings. The largest absolute Gasteiger partial charge is 0.271 e. The molecule has 0 fully saturated rings. The molecule has 0 aliphatic heterocycles. The zero-order chi connectivity index (χ0) is 13.1. The van der Waals surface area contributed by atoms with E-state index in [-0.39, 0.29) is 5.56 Å². The minimum absolute atomic E-state index is 0.234. The van der Waals surface area contributed by atoms with E-state index in [2.05, 4.69) is 10.4 Å². The van der Waals surface area contributed by atoms with Gasteiger partial charge >= 0.3 is 0 Å². The van der Waals surface area contributed by atoms with Crippen molar-refractivity contribution >= 4 is 11.6 Å². The van der Waals surface area contributed by atoms with Crippen LogP contribution in [0.4, 0.5) is 8.78 Å². The van der Waals surface area contributed by atoms with Crippen molar-refractivity contribution in [3.63, 3.8) is 0 Å². The van der Waals surface area contributed by atoms with Gasteiger partial charge in [-0.05, 0) is 29.8 Å². The number of pyridine rings is 1. The summed E-state index contributed by atoms with van der Waals surface area (Å²) >= 11 is 5.81. The van der Waals surface area contributed by atoms with E-state index in [0.717, 1.165) is 6.20 Å². The number of rotatable bonds is 3. The third-order valence-corrected chi connectivity index (χ3v) is 2.73. The van der Waals surface area contributed by atoms with Crippen LogP contribution in [0.5, 0.6) is 0 Å². The molecule has 0 bridgehead atoms. The fourth-order valence-electron chi connectivity index (χ4n) is 1.69. The number of hydrazine groups is 1. The summed E-state index contributed by atoms with van der Waals surface area (Å²) in [6.07, 6.45) is 2.47. The number of nitrogens with one attached hydrogen (secondary N) is 1. The van der Waals surface area contributed by atoms with Crippen molar-refractivity contribution in [1.29, 1.82) is 0 Å². The molecule has 1 heterocycles. The van der Waals surface area contributed by atoms with E-state index < -0.39 is 17.7 Å². The van der Waals surface area contributed by atoms with Crippen molar-refractivity contribution < 1.29 is 8.78 Å². The third kappa shape index (κ3) is 2.64. The van der Waals surface area contributed by atoms with E-state index in [9.17, 15) is 8.78 Å². The van der Waals surface area contributed by atoms with E-state index in [4.69, 9.17) is 17.4 Å². The number of hydrogen-bond donors (Lipinski definition) is 2. The Hall–Kier alpha value is -1.56. The van der Waals surface area contributed by atoms with Gasteiger partial charge in [-0.25, -0.2) is 14.2 Å². The zero-order valence-corrected chi connectivity index (χ0v) is 9.96. The van der Waals surface area contributed by atoms with Crippen molar-refractivity contribution in [2.24, 2.45) is 5.84 Å². The Morgan fingerprint density at radius 2 is 2.00 bits per heavy atom. The summed E-state index contributed by atoms with van der Waals surface area (Å²) in [5.74, 6) is 4.40. The van der Waals surface area contributed by atoms with Gasteiger partial charge in [0, 0.05) is 16.8 Å². The first-order chi connectivity index (χ1) is 8.61. The second-order valence-electron chi connectivity index (χ2n) is 3.70. The minimum atomic E-state index is -0.716. The van der Waals surface area contributed by atoms with Crippen LogP contribution in [0, 0.1) is 11.6 Å². The molecule has 1 aromatic carbocycles.